The SMILES string of the molecule is COc1cc(COc2cccc(-c3c(-c4ccccc4C)cnc4c(C(F)(F)F)cccc34)c2)cc(OC)c1OC. The number of ether oxygens (including phenoxy) is 4. The molecule has 1 aromatic heterocycles. The third kappa shape index (κ3) is 5.50. The van der Waals surface area contributed by atoms with E-state index in [1.54, 1.807) is 38.5 Å². The lowest BCUT2D eigenvalue weighted by atomic mass is 9.90. The second-order valence-electron chi connectivity index (χ2n) is 9.41. The number of pyridine rings is 1. The molecule has 0 radical (unpaired) electrons. The Labute approximate surface area is 236 Å². The van der Waals surface area contributed by atoms with Crippen molar-refractivity contribution in [3.8, 4) is 45.3 Å². The molecule has 0 bridgehead atoms. The van der Waals surface area contributed by atoms with Crippen molar-refractivity contribution in [1.29, 1.82) is 0 Å². The molecule has 5 aromatic rings. The van der Waals surface area contributed by atoms with Crippen molar-refractivity contribution in [2.45, 2.75) is 19.7 Å². The molecule has 0 atom stereocenters. The zero-order chi connectivity index (χ0) is 29.1. The average molecular weight is 560 g/mol. The molecule has 8 heteroatoms. The predicted molar refractivity (Wildman–Crippen MR) is 153 cm³/mol. The Morgan fingerprint density at radius 2 is 1.46 bits per heavy atom. The molecule has 0 N–H and O–H groups in total. The standard InChI is InChI=1S/C33H28F3NO4/c1-20-9-5-6-12-24(20)26-18-37-31-25(13-8-14-27(31)33(34,35)36)30(26)22-10-7-11-23(17-22)41-19-21-15-28(38-2)32(40-4)29(16-21)39-3/h5-18H,19H2,1-4H3. The van der Waals surface area contributed by atoms with E-state index in [0.29, 0.717) is 39.5 Å². The molecule has 0 saturated carbocycles. The third-order valence-corrected chi connectivity index (χ3v) is 6.89. The van der Waals surface area contributed by atoms with Crippen molar-refractivity contribution < 1.29 is 32.1 Å². The topological polar surface area (TPSA) is 49.8 Å². The molecule has 0 spiro atoms. The van der Waals surface area contributed by atoms with Crippen LogP contribution in [0.3, 0.4) is 0 Å². The van der Waals surface area contributed by atoms with Crippen molar-refractivity contribution in [3.05, 3.63) is 102 Å². The van der Waals surface area contributed by atoms with Crippen molar-refractivity contribution in [2.24, 2.45) is 0 Å². The first-order valence-electron chi connectivity index (χ1n) is 12.8. The van der Waals surface area contributed by atoms with Crippen LogP contribution in [-0.4, -0.2) is 26.3 Å². The fourth-order valence-electron chi connectivity index (χ4n) is 4.97. The first kappa shape index (κ1) is 27.8. The minimum absolute atomic E-state index is 0.101. The van der Waals surface area contributed by atoms with E-state index in [9.17, 15) is 13.2 Å². The van der Waals surface area contributed by atoms with Crippen LogP contribution in [-0.2, 0) is 12.8 Å². The zero-order valence-electron chi connectivity index (χ0n) is 23.0. The Balaban J connectivity index is 1.61. The number of alkyl halides is 3. The Morgan fingerprint density at radius 1 is 0.756 bits per heavy atom. The van der Waals surface area contributed by atoms with E-state index >= 15 is 0 Å². The fraction of sp³-hybridized carbons (Fsp3) is 0.182. The van der Waals surface area contributed by atoms with Crippen molar-refractivity contribution in [2.75, 3.05) is 21.3 Å². The van der Waals surface area contributed by atoms with Crippen molar-refractivity contribution in [3.63, 3.8) is 0 Å². The van der Waals surface area contributed by atoms with E-state index in [-0.39, 0.29) is 12.1 Å². The van der Waals surface area contributed by atoms with Crippen molar-refractivity contribution >= 4 is 10.9 Å². The van der Waals surface area contributed by atoms with Crippen LogP contribution in [0.4, 0.5) is 13.2 Å². The lowest BCUT2D eigenvalue weighted by Crippen LogP contribution is -2.07. The number of methoxy groups -OCH3 is 3. The molecule has 0 fully saturated rings. The van der Waals surface area contributed by atoms with Gasteiger partial charge in [0.15, 0.2) is 11.5 Å². The van der Waals surface area contributed by atoms with Gasteiger partial charge < -0.3 is 18.9 Å². The van der Waals surface area contributed by atoms with Gasteiger partial charge in [0, 0.05) is 22.7 Å². The summed E-state index contributed by atoms with van der Waals surface area (Å²) in [6, 6.07) is 22.8. The molecule has 0 saturated heterocycles. The van der Waals surface area contributed by atoms with Gasteiger partial charge in [0.05, 0.1) is 32.4 Å². The maximum absolute atomic E-state index is 13.9. The molecule has 5 rings (SSSR count). The highest BCUT2D eigenvalue weighted by atomic mass is 19.4. The number of nitrogens with zero attached hydrogens (tertiary/aromatic N) is 1. The van der Waals surface area contributed by atoms with Gasteiger partial charge in [-0.25, -0.2) is 0 Å². The maximum Gasteiger partial charge on any atom is 0.418 e. The fourth-order valence-corrected chi connectivity index (χ4v) is 4.97. The Morgan fingerprint density at radius 3 is 2.12 bits per heavy atom. The number of fused-ring (bicyclic) bond motifs is 1. The molecular weight excluding hydrogens is 531 g/mol. The molecular formula is C33H28F3NO4. The summed E-state index contributed by atoms with van der Waals surface area (Å²) in [7, 11) is 4.62. The van der Waals surface area contributed by atoms with Gasteiger partial charge in [-0.2, -0.15) is 13.2 Å². The number of aromatic nitrogens is 1. The lowest BCUT2D eigenvalue weighted by molar-refractivity contribution is -0.136. The first-order valence-corrected chi connectivity index (χ1v) is 12.8. The number of hydrogen-bond donors (Lipinski definition) is 0. The van der Waals surface area contributed by atoms with Crippen LogP contribution in [0.2, 0.25) is 0 Å². The van der Waals surface area contributed by atoms with E-state index in [4.69, 9.17) is 18.9 Å². The van der Waals surface area contributed by atoms with Gasteiger partial charge in [-0.1, -0.05) is 48.5 Å². The average Bonchev–Trinajstić information content (AvgIpc) is 2.98. The van der Waals surface area contributed by atoms with Gasteiger partial charge in [-0.05, 0) is 59.5 Å². The molecule has 4 aromatic carbocycles. The number of hydrogen-bond acceptors (Lipinski definition) is 5. The quantitative estimate of drug-likeness (QED) is 0.191. The van der Waals surface area contributed by atoms with Crippen LogP contribution in [0.5, 0.6) is 23.0 Å². The predicted octanol–water partition coefficient (Wildman–Crippen LogP) is 8.50. The smallest absolute Gasteiger partial charge is 0.418 e. The Kier molecular flexibility index (Phi) is 7.75. The minimum Gasteiger partial charge on any atom is -0.493 e. The first-order chi connectivity index (χ1) is 19.7. The number of halogens is 3. The van der Waals surface area contributed by atoms with Gasteiger partial charge >= 0.3 is 6.18 Å². The van der Waals surface area contributed by atoms with Crippen molar-refractivity contribution in [1.82, 2.24) is 4.98 Å². The minimum atomic E-state index is -4.54. The largest absolute Gasteiger partial charge is 0.493 e. The van der Waals surface area contributed by atoms with Gasteiger partial charge in [0.2, 0.25) is 5.75 Å². The zero-order valence-corrected chi connectivity index (χ0v) is 23.0. The van der Waals surface area contributed by atoms with Crippen LogP contribution in [0, 0.1) is 6.92 Å². The van der Waals surface area contributed by atoms with Gasteiger partial charge in [-0.15, -0.1) is 0 Å². The summed E-state index contributed by atoms with van der Waals surface area (Å²) >= 11 is 0. The van der Waals surface area contributed by atoms with Crippen LogP contribution in [0.25, 0.3) is 33.2 Å². The molecule has 1 heterocycles. The highest BCUT2D eigenvalue weighted by Crippen LogP contribution is 2.43. The molecule has 0 amide bonds. The number of aryl methyl sites for hydroxylation is 1. The van der Waals surface area contributed by atoms with E-state index in [2.05, 4.69) is 4.98 Å². The molecule has 210 valence electrons. The number of para-hydroxylation sites is 1. The summed E-state index contributed by atoms with van der Waals surface area (Å²) in [4.78, 5) is 4.31. The van der Waals surface area contributed by atoms with E-state index in [1.165, 1.54) is 19.4 Å². The highest BCUT2D eigenvalue weighted by Gasteiger charge is 2.34. The summed E-state index contributed by atoms with van der Waals surface area (Å²) in [6.45, 7) is 2.16. The highest BCUT2D eigenvalue weighted by molar-refractivity contribution is 6.03. The van der Waals surface area contributed by atoms with E-state index in [0.717, 1.165) is 28.3 Å². The summed E-state index contributed by atoms with van der Waals surface area (Å²) in [5.41, 5.74) is 3.87. The third-order valence-electron chi connectivity index (χ3n) is 6.89. The molecule has 0 aliphatic rings. The van der Waals surface area contributed by atoms with Gasteiger partial charge in [-0.3, -0.25) is 4.98 Å². The van der Waals surface area contributed by atoms with Gasteiger partial charge in [0.1, 0.15) is 12.4 Å². The Hall–Kier alpha value is -4.72. The molecule has 41 heavy (non-hydrogen) atoms. The molecule has 0 aliphatic carbocycles. The summed E-state index contributed by atoms with van der Waals surface area (Å²) in [5.74, 6) is 2.03. The number of benzene rings is 4. The van der Waals surface area contributed by atoms with Crippen LogP contribution >= 0.6 is 0 Å². The Bertz CT molecular complexity index is 1690. The normalized spacial score (nSPS) is 11.4. The number of rotatable bonds is 8. The lowest BCUT2D eigenvalue weighted by Gasteiger charge is -2.18. The molecule has 0 unspecified atom stereocenters. The maximum atomic E-state index is 13.9. The van der Waals surface area contributed by atoms with Crippen LogP contribution in [0.15, 0.2) is 85.1 Å². The molecule has 0 aliphatic heterocycles. The van der Waals surface area contributed by atoms with E-state index < -0.39 is 11.7 Å². The summed E-state index contributed by atoms with van der Waals surface area (Å²) < 4.78 is 64.2. The van der Waals surface area contributed by atoms with Gasteiger partial charge in [0.25, 0.3) is 0 Å². The van der Waals surface area contributed by atoms with E-state index in [1.807, 2.05) is 49.4 Å². The summed E-state index contributed by atoms with van der Waals surface area (Å²) in [5, 5.41) is 0.405. The second kappa shape index (κ2) is 11.4. The molecule has 5 nitrogen and oxygen atoms in total. The van der Waals surface area contributed by atoms with Crippen LogP contribution < -0.4 is 18.9 Å². The monoisotopic (exact) mass is 559 g/mol. The second-order valence-corrected chi connectivity index (χ2v) is 9.41. The van der Waals surface area contributed by atoms with Crippen LogP contribution in [0.1, 0.15) is 16.7 Å². The summed E-state index contributed by atoms with van der Waals surface area (Å²) in [6.07, 6.45) is -3.02.